The van der Waals surface area contributed by atoms with E-state index in [1.165, 1.54) is 12.4 Å². The zero-order valence-corrected chi connectivity index (χ0v) is 14.9. The Hall–Kier alpha value is -3.41. The molecule has 6 nitrogen and oxygen atoms in total. The van der Waals surface area contributed by atoms with Gasteiger partial charge >= 0.3 is 0 Å². The van der Waals surface area contributed by atoms with E-state index in [1.54, 1.807) is 19.2 Å². The fourth-order valence-electron chi connectivity index (χ4n) is 2.63. The molecule has 3 aromatic rings. The van der Waals surface area contributed by atoms with Crippen LogP contribution in [0.25, 0.3) is 0 Å². The summed E-state index contributed by atoms with van der Waals surface area (Å²) < 4.78 is 5.23. The summed E-state index contributed by atoms with van der Waals surface area (Å²) in [4.78, 5) is 20.8. The number of benzene rings is 2. The second-order valence-corrected chi connectivity index (χ2v) is 5.95. The molecule has 0 unspecified atom stereocenters. The predicted molar refractivity (Wildman–Crippen MR) is 102 cm³/mol. The molecule has 3 rings (SSSR count). The van der Waals surface area contributed by atoms with Gasteiger partial charge in [-0.15, -0.1) is 0 Å². The molecule has 0 saturated heterocycles. The Labute approximate surface area is 152 Å². The Morgan fingerprint density at radius 3 is 2.31 bits per heavy atom. The van der Waals surface area contributed by atoms with Gasteiger partial charge in [0.15, 0.2) is 0 Å². The van der Waals surface area contributed by atoms with Gasteiger partial charge < -0.3 is 15.4 Å². The topological polar surface area (TPSA) is 76.1 Å². The minimum atomic E-state index is -0.299. The Kier molecular flexibility index (Phi) is 5.12. The van der Waals surface area contributed by atoms with Crippen LogP contribution in [0.1, 0.15) is 21.5 Å². The summed E-state index contributed by atoms with van der Waals surface area (Å²) in [5.74, 6) is 0.728. The first kappa shape index (κ1) is 17.4. The van der Waals surface area contributed by atoms with E-state index in [4.69, 9.17) is 4.74 Å². The van der Waals surface area contributed by atoms with Gasteiger partial charge in [0.25, 0.3) is 5.91 Å². The van der Waals surface area contributed by atoms with Crippen molar-refractivity contribution in [1.82, 2.24) is 9.97 Å². The van der Waals surface area contributed by atoms with Gasteiger partial charge in [-0.2, -0.15) is 0 Å². The molecule has 1 aromatic heterocycles. The summed E-state index contributed by atoms with van der Waals surface area (Å²) in [6.07, 6.45) is 2.98. The highest BCUT2D eigenvalue weighted by Gasteiger charge is 2.10. The number of ether oxygens (including phenoxy) is 1. The van der Waals surface area contributed by atoms with Gasteiger partial charge in [-0.25, -0.2) is 9.97 Å². The summed E-state index contributed by atoms with van der Waals surface area (Å²) in [5.41, 5.74) is 4.17. The number of hydrogen-bond donors (Lipinski definition) is 2. The number of aryl methyl sites for hydroxylation is 2. The SMILES string of the molecule is COc1ccccc1NC(=O)c1cnc(Nc2cc(C)cc(C)c2)nc1. The van der Waals surface area contributed by atoms with Gasteiger partial charge in [-0.05, 0) is 49.2 Å². The number of carbonyl (C=O) groups is 1. The van der Waals surface area contributed by atoms with Crippen LogP contribution in [-0.4, -0.2) is 23.0 Å². The van der Waals surface area contributed by atoms with Crippen molar-refractivity contribution >= 4 is 23.2 Å². The Morgan fingerprint density at radius 2 is 1.65 bits per heavy atom. The van der Waals surface area contributed by atoms with Crippen LogP contribution in [0, 0.1) is 13.8 Å². The molecule has 132 valence electrons. The van der Waals surface area contributed by atoms with Crippen molar-refractivity contribution in [2.24, 2.45) is 0 Å². The van der Waals surface area contributed by atoms with Crippen LogP contribution in [-0.2, 0) is 0 Å². The van der Waals surface area contributed by atoms with E-state index >= 15 is 0 Å². The number of aromatic nitrogens is 2. The number of para-hydroxylation sites is 2. The second-order valence-electron chi connectivity index (χ2n) is 5.95. The van der Waals surface area contributed by atoms with E-state index in [-0.39, 0.29) is 5.91 Å². The Balaban J connectivity index is 1.71. The van der Waals surface area contributed by atoms with Gasteiger partial charge in [0, 0.05) is 18.1 Å². The van der Waals surface area contributed by atoms with Gasteiger partial charge in [0.2, 0.25) is 5.95 Å². The molecule has 0 aliphatic carbocycles. The zero-order chi connectivity index (χ0) is 18.5. The zero-order valence-electron chi connectivity index (χ0n) is 14.9. The molecule has 0 atom stereocenters. The molecule has 26 heavy (non-hydrogen) atoms. The number of rotatable bonds is 5. The van der Waals surface area contributed by atoms with Crippen LogP contribution in [0.2, 0.25) is 0 Å². The minimum Gasteiger partial charge on any atom is -0.495 e. The molecule has 0 saturated carbocycles. The highest BCUT2D eigenvalue weighted by Crippen LogP contribution is 2.23. The van der Waals surface area contributed by atoms with Crippen LogP contribution in [0.4, 0.5) is 17.3 Å². The Morgan fingerprint density at radius 1 is 1.00 bits per heavy atom. The maximum absolute atomic E-state index is 12.4. The molecule has 0 aliphatic heterocycles. The van der Waals surface area contributed by atoms with Gasteiger partial charge in [0.05, 0.1) is 18.4 Å². The quantitative estimate of drug-likeness (QED) is 0.726. The molecule has 0 fully saturated rings. The van der Waals surface area contributed by atoms with Crippen molar-refractivity contribution in [2.75, 3.05) is 17.7 Å². The number of hydrogen-bond acceptors (Lipinski definition) is 5. The first-order valence-corrected chi connectivity index (χ1v) is 8.17. The number of nitrogens with zero attached hydrogens (tertiary/aromatic N) is 2. The van der Waals surface area contributed by atoms with Crippen molar-refractivity contribution in [3.63, 3.8) is 0 Å². The molecule has 2 aromatic carbocycles. The van der Waals surface area contributed by atoms with Crippen molar-refractivity contribution < 1.29 is 9.53 Å². The van der Waals surface area contributed by atoms with E-state index in [1.807, 2.05) is 38.1 Å². The van der Waals surface area contributed by atoms with E-state index in [2.05, 4.69) is 26.7 Å². The lowest BCUT2D eigenvalue weighted by molar-refractivity contribution is 0.102. The molecule has 2 N–H and O–H groups in total. The number of amides is 1. The van der Waals surface area contributed by atoms with Crippen molar-refractivity contribution in [2.45, 2.75) is 13.8 Å². The molecule has 0 aliphatic rings. The first-order valence-electron chi connectivity index (χ1n) is 8.17. The fraction of sp³-hybridized carbons (Fsp3) is 0.150. The molecular formula is C20H20N4O2. The number of carbonyl (C=O) groups excluding carboxylic acids is 1. The van der Waals surface area contributed by atoms with Crippen molar-refractivity contribution in [3.8, 4) is 5.75 Å². The van der Waals surface area contributed by atoms with Crippen molar-refractivity contribution in [3.05, 3.63) is 71.5 Å². The summed E-state index contributed by atoms with van der Waals surface area (Å²) >= 11 is 0. The lowest BCUT2D eigenvalue weighted by Crippen LogP contribution is -2.13. The smallest absolute Gasteiger partial charge is 0.258 e. The molecular weight excluding hydrogens is 328 g/mol. The number of methoxy groups -OCH3 is 1. The third-order valence-electron chi connectivity index (χ3n) is 3.75. The van der Waals surface area contributed by atoms with E-state index in [9.17, 15) is 4.79 Å². The summed E-state index contributed by atoms with van der Waals surface area (Å²) in [6, 6.07) is 13.3. The lowest BCUT2D eigenvalue weighted by atomic mass is 10.1. The third kappa shape index (κ3) is 4.16. The summed E-state index contributed by atoms with van der Waals surface area (Å²) in [6.45, 7) is 4.06. The third-order valence-corrected chi connectivity index (χ3v) is 3.75. The summed E-state index contributed by atoms with van der Waals surface area (Å²) in [5, 5.41) is 5.94. The fourth-order valence-corrected chi connectivity index (χ4v) is 2.63. The second kappa shape index (κ2) is 7.65. The molecule has 1 amide bonds. The molecule has 0 bridgehead atoms. The van der Waals surface area contributed by atoms with Gasteiger partial charge in [0.1, 0.15) is 5.75 Å². The van der Waals surface area contributed by atoms with Crippen LogP contribution < -0.4 is 15.4 Å². The number of nitrogens with one attached hydrogen (secondary N) is 2. The molecule has 6 heteroatoms. The van der Waals surface area contributed by atoms with Crippen LogP contribution in [0.5, 0.6) is 5.75 Å². The predicted octanol–water partition coefficient (Wildman–Crippen LogP) is 4.10. The van der Waals surface area contributed by atoms with E-state index in [0.29, 0.717) is 22.9 Å². The van der Waals surface area contributed by atoms with Crippen LogP contribution in [0.15, 0.2) is 54.9 Å². The summed E-state index contributed by atoms with van der Waals surface area (Å²) in [7, 11) is 1.56. The van der Waals surface area contributed by atoms with E-state index in [0.717, 1.165) is 16.8 Å². The average molecular weight is 348 g/mol. The average Bonchev–Trinajstić information content (AvgIpc) is 2.62. The van der Waals surface area contributed by atoms with Gasteiger partial charge in [-0.3, -0.25) is 4.79 Å². The largest absolute Gasteiger partial charge is 0.495 e. The molecule has 0 spiro atoms. The maximum Gasteiger partial charge on any atom is 0.258 e. The Bertz CT molecular complexity index is 903. The monoisotopic (exact) mass is 348 g/mol. The van der Waals surface area contributed by atoms with Crippen LogP contribution in [0.3, 0.4) is 0 Å². The van der Waals surface area contributed by atoms with Crippen LogP contribution >= 0.6 is 0 Å². The van der Waals surface area contributed by atoms with Gasteiger partial charge in [-0.1, -0.05) is 18.2 Å². The maximum atomic E-state index is 12.4. The molecule has 1 heterocycles. The van der Waals surface area contributed by atoms with Crippen molar-refractivity contribution in [1.29, 1.82) is 0 Å². The molecule has 0 radical (unpaired) electrons. The number of anilines is 3. The highest BCUT2D eigenvalue weighted by molar-refractivity contribution is 6.04. The van der Waals surface area contributed by atoms with E-state index < -0.39 is 0 Å². The minimum absolute atomic E-state index is 0.299. The lowest BCUT2D eigenvalue weighted by Gasteiger charge is -2.10. The standard InChI is InChI=1S/C20H20N4O2/c1-13-8-14(2)10-16(9-13)23-20-21-11-15(12-22-20)19(25)24-17-6-4-5-7-18(17)26-3/h4-12H,1-3H3,(H,24,25)(H,21,22,23). The normalized spacial score (nSPS) is 10.3. The first-order chi connectivity index (χ1) is 12.5. The highest BCUT2D eigenvalue weighted by atomic mass is 16.5.